The summed E-state index contributed by atoms with van der Waals surface area (Å²) in [6, 6.07) is 13.0. The fourth-order valence-electron chi connectivity index (χ4n) is 7.06. The molecule has 8 rings (SSSR count). The van der Waals surface area contributed by atoms with E-state index in [2.05, 4.69) is 67.7 Å². The minimum absolute atomic E-state index is 0. The van der Waals surface area contributed by atoms with E-state index in [1.54, 1.807) is 4.90 Å². The van der Waals surface area contributed by atoms with Crippen LogP contribution in [0.5, 0.6) is 0 Å². The maximum Gasteiger partial charge on any atom is 0.356 e. The predicted molar refractivity (Wildman–Crippen MR) is 285 cm³/mol. The molecule has 19 nitrogen and oxygen atoms in total. The van der Waals surface area contributed by atoms with Gasteiger partial charge in [0, 0.05) is 46.3 Å². The maximum absolute atomic E-state index is 15.0. The Kier molecular flexibility index (Phi) is 23.8. The summed E-state index contributed by atoms with van der Waals surface area (Å²) in [5, 5.41) is 36.4. The van der Waals surface area contributed by atoms with Crippen LogP contribution in [0.2, 0.25) is 0 Å². The number of hydrogen-bond donors (Lipinski definition) is 8. The Labute approximate surface area is 457 Å². The van der Waals surface area contributed by atoms with Gasteiger partial charge in [0.1, 0.15) is 52.0 Å². The van der Waals surface area contributed by atoms with Crippen molar-refractivity contribution in [2.45, 2.75) is 12.1 Å². The number of carbonyl (C=O) groups excluding carboxylic acids is 3. The average molecular weight is 1210 g/mol. The molecular formula is C48H50Br2F4N10O9S2. The number of hydrogen-bond acceptors (Lipinski definition) is 15. The molecule has 2 atom stereocenters. The predicted octanol–water partition coefficient (Wildman–Crippen LogP) is 5.46. The van der Waals surface area contributed by atoms with E-state index in [0.29, 0.717) is 40.8 Å². The normalized spacial score (nSPS) is 13.7. The van der Waals surface area contributed by atoms with Crippen molar-refractivity contribution in [3.8, 4) is 22.5 Å². The molecule has 400 valence electrons. The van der Waals surface area contributed by atoms with Crippen molar-refractivity contribution in [2.24, 2.45) is 0 Å². The Balaban J connectivity index is 0.000000287. The number of nitrogen functional groups attached to an aromatic ring is 2. The molecule has 4 aromatic carbocycles. The Hall–Kier alpha value is -6.30. The SMILES string of the molecule is C1COCCN1.Nc1ncc(C(=O)N2CCOCC2)nc1-c1ccc(C(=O)N[C@H](CO)c2cc(F)cc(Br)c2)c(F)c1.Nc1ncc(C(=O)O)nc1-c1ccc(C(=O)N[C@H](CO)c2cc(F)cc(Br)c2)c(F)c1.S.S. The molecule has 2 aliphatic heterocycles. The van der Waals surface area contributed by atoms with Gasteiger partial charge < -0.3 is 57.1 Å². The van der Waals surface area contributed by atoms with Crippen LogP contribution in [0, 0.1) is 23.3 Å². The highest BCUT2D eigenvalue weighted by molar-refractivity contribution is 9.10. The highest BCUT2D eigenvalue weighted by Gasteiger charge is 2.25. The van der Waals surface area contributed by atoms with Crippen LogP contribution in [0.25, 0.3) is 22.5 Å². The minimum Gasteiger partial charge on any atom is -0.476 e. The van der Waals surface area contributed by atoms with Gasteiger partial charge >= 0.3 is 5.97 Å². The van der Waals surface area contributed by atoms with Gasteiger partial charge in [-0.1, -0.05) is 44.0 Å². The molecule has 6 aromatic rings. The molecule has 75 heavy (non-hydrogen) atoms. The van der Waals surface area contributed by atoms with Crippen LogP contribution in [0.15, 0.2) is 94.1 Å². The van der Waals surface area contributed by atoms with Crippen molar-refractivity contribution in [3.05, 3.63) is 151 Å². The van der Waals surface area contributed by atoms with Gasteiger partial charge in [-0.25, -0.2) is 42.3 Å². The maximum atomic E-state index is 15.0. The summed E-state index contributed by atoms with van der Waals surface area (Å²) < 4.78 is 68.1. The fourth-order valence-corrected chi connectivity index (χ4v) is 8.02. The van der Waals surface area contributed by atoms with E-state index in [0.717, 1.165) is 62.8 Å². The summed E-state index contributed by atoms with van der Waals surface area (Å²) >= 11 is 6.29. The molecule has 0 saturated carbocycles. The van der Waals surface area contributed by atoms with E-state index >= 15 is 0 Å². The first-order valence-electron chi connectivity index (χ1n) is 21.9. The van der Waals surface area contributed by atoms with Crippen molar-refractivity contribution >= 4 is 94.2 Å². The van der Waals surface area contributed by atoms with Gasteiger partial charge in [-0.3, -0.25) is 14.4 Å². The molecule has 2 fully saturated rings. The molecule has 10 N–H and O–H groups in total. The van der Waals surface area contributed by atoms with E-state index in [9.17, 15) is 47.0 Å². The second kappa shape index (κ2) is 29.1. The molecule has 0 spiro atoms. The van der Waals surface area contributed by atoms with Crippen molar-refractivity contribution in [1.29, 1.82) is 0 Å². The zero-order valence-corrected chi connectivity index (χ0v) is 44.4. The van der Waals surface area contributed by atoms with Crippen molar-refractivity contribution in [3.63, 3.8) is 0 Å². The van der Waals surface area contributed by atoms with E-state index in [1.165, 1.54) is 48.7 Å². The zero-order chi connectivity index (χ0) is 52.8. The van der Waals surface area contributed by atoms with Crippen LogP contribution < -0.4 is 27.4 Å². The number of ether oxygens (including phenoxy) is 2. The lowest BCUT2D eigenvalue weighted by Gasteiger charge is -2.26. The van der Waals surface area contributed by atoms with Crippen molar-refractivity contribution in [2.75, 3.05) is 77.3 Å². The number of nitrogens with zero attached hydrogens (tertiary/aromatic N) is 5. The lowest BCUT2D eigenvalue weighted by atomic mass is 10.0. The number of amides is 3. The number of nitrogens with two attached hydrogens (primary N) is 2. The van der Waals surface area contributed by atoms with Gasteiger partial charge in [-0.05, 0) is 71.8 Å². The van der Waals surface area contributed by atoms with Gasteiger partial charge in [-0.15, -0.1) is 0 Å². The number of aromatic carboxylic acids is 1. The molecule has 4 heterocycles. The molecule has 2 aromatic heterocycles. The number of benzene rings is 4. The van der Waals surface area contributed by atoms with Crippen molar-refractivity contribution in [1.82, 2.24) is 40.8 Å². The molecule has 0 radical (unpaired) electrons. The Bertz CT molecular complexity index is 2930. The number of rotatable bonds is 12. The standard InChI is InChI=1S/C24H22BrF2N5O4.C20H15BrF2N4O4.C4H9NO.2H2S/c25-15-7-14(8-16(26)10-15)20(12-33)31-23(34)17-2-1-13(9-18(17)27)21-22(28)29-11-19(30-21)24(35)32-3-5-36-6-4-32;21-11-3-10(4-12(22)6-11)16(8-28)27-19(29)13-2-1-9(5-14(13)23)17-18(24)25-7-15(26-17)20(30)31;1-3-6-4-2-5-1;;/h1-2,7-11,20,33H,3-6,12H2,(H2,28,29)(H,31,34);1-7,16,28H,8H2,(H2,24,25)(H,27,29)(H,30,31);5H,1-4H2;2*1H2/t20-;16-;;;/m11.../s1. The third kappa shape index (κ3) is 16.8. The molecule has 0 aliphatic carbocycles. The first-order valence-corrected chi connectivity index (χ1v) is 23.5. The van der Waals surface area contributed by atoms with Crippen LogP contribution in [0.3, 0.4) is 0 Å². The Morgan fingerprint density at radius 2 is 1.08 bits per heavy atom. The molecular weight excluding hydrogens is 1160 g/mol. The largest absolute Gasteiger partial charge is 0.476 e. The molecule has 0 bridgehead atoms. The molecule has 0 unspecified atom stereocenters. The molecule has 2 saturated heterocycles. The number of aliphatic hydroxyl groups is 2. The van der Waals surface area contributed by atoms with Gasteiger partial charge in [0.25, 0.3) is 17.7 Å². The Morgan fingerprint density at radius 1 is 0.653 bits per heavy atom. The lowest BCUT2D eigenvalue weighted by Crippen LogP contribution is -2.41. The quantitative estimate of drug-likeness (QED) is 0.0706. The second-order valence-corrected chi connectivity index (χ2v) is 17.6. The number of aliphatic hydroxyl groups excluding tert-OH is 2. The first-order chi connectivity index (χ1) is 35.0. The van der Waals surface area contributed by atoms with Crippen LogP contribution in [-0.2, 0) is 9.47 Å². The van der Waals surface area contributed by atoms with Gasteiger partial charge in [0.05, 0.1) is 75.2 Å². The van der Waals surface area contributed by atoms with E-state index in [1.807, 2.05) is 0 Å². The number of carboxylic acids is 1. The summed E-state index contributed by atoms with van der Waals surface area (Å²) in [5.41, 5.74) is 11.6. The van der Waals surface area contributed by atoms with Gasteiger partial charge in [0.2, 0.25) is 0 Å². The fraction of sp³-hybridized carbons (Fsp3) is 0.250. The number of nitrogens with one attached hydrogen (secondary N) is 3. The highest BCUT2D eigenvalue weighted by atomic mass is 79.9. The average Bonchev–Trinajstić information content (AvgIpc) is 3.37. The van der Waals surface area contributed by atoms with E-state index in [-0.39, 0.29) is 95.1 Å². The monoisotopic (exact) mass is 1210 g/mol. The van der Waals surface area contributed by atoms with Gasteiger partial charge in [0.15, 0.2) is 5.69 Å². The zero-order valence-electron chi connectivity index (χ0n) is 39.3. The summed E-state index contributed by atoms with van der Waals surface area (Å²) in [4.78, 5) is 66.6. The van der Waals surface area contributed by atoms with Crippen LogP contribution >= 0.6 is 58.9 Å². The first kappa shape index (κ1) is 61.2. The van der Waals surface area contributed by atoms with E-state index in [4.69, 9.17) is 26.0 Å². The smallest absolute Gasteiger partial charge is 0.356 e. The third-order valence-electron chi connectivity index (χ3n) is 10.7. The number of aromatic nitrogens is 4. The summed E-state index contributed by atoms with van der Waals surface area (Å²) in [6.45, 7) is 4.43. The molecule has 27 heteroatoms. The van der Waals surface area contributed by atoms with Gasteiger partial charge in [-0.2, -0.15) is 27.0 Å². The minimum atomic E-state index is -1.33. The second-order valence-electron chi connectivity index (χ2n) is 15.8. The number of halogens is 6. The summed E-state index contributed by atoms with van der Waals surface area (Å²) in [7, 11) is 0. The topological polar surface area (TPSA) is 290 Å². The molecule has 2 aliphatic rings. The number of morpholine rings is 2. The Morgan fingerprint density at radius 3 is 1.45 bits per heavy atom. The highest BCUT2D eigenvalue weighted by Crippen LogP contribution is 2.28. The lowest BCUT2D eigenvalue weighted by molar-refractivity contribution is 0.0298. The van der Waals surface area contributed by atoms with Crippen LogP contribution in [-0.4, -0.2) is 130 Å². The summed E-state index contributed by atoms with van der Waals surface area (Å²) in [5.74, 6) is -6.41. The number of carboxylic acid groups (broad SMARTS) is 1. The van der Waals surface area contributed by atoms with Crippen molar-refractivity contribution < 1.29 is 61.5 Å². The summed E-state index contributed by atoms with van der Waals surface area (Å²) in [6.07, 6.45) is 2.23. The third-order valence-corrected chi connectivity index (χ3v) is 11.6. The van der Waals surface area contributed by atoms with Crippen LogP contribution in [0.4, 0.5) is 29.2 Å². The van der Waals surface area contributed by atoms with E-state index < -0.39 is 66.3 Å². The molecule has 3 amide bonds. The number of carbonyl (C=O) groups is 4. The van der Waals surface area contributed by atoms with Crippen LogP contribution in [0.1, 0.15) is 64.9 Å². The number of anilines is 2.